The van der Waals surface area contributed by atoms with Gasteiger partial charge in [-0.2, -0.15) is 0 Å². The lowest BCUT2D eigenvalue weighted by Gasteiger charge is -2.25. The van der Waals surface area contributed by atoms with Crippen molar-refractivity contribution in [2.75, 3.05) is 6.54 Å². The molecule has 1 aliphatic rings. The zero-order valence-corrected chi connectivity index (χ0v) is 13.4. The first kappa shape index (κ1) is 17.9. The summed E-state index contributed by atoms with van der Waals surface area (Å²) < 4.78 is 13.3. The van der Waals surface area contributed by atoms with E-state index in [4.69, 9.17) is 5.73 Å². The van der Waals surface area contributed by atoms with Crippen LogP contribution in [0.1, 0.15) is 45.1 Å². The van der Waals surface area contributed by atoms with Crippen LogP contribution in [0.15, 0.2) is 24.3 Å². The topological polar surface area (TPSA) is 55.1 Å². The van der Waals surface area contributed by atoms with Gasteiger partial charge in [-0.3, -0.25) is 4.79 Å². The molecule has 0 spiro atoms. The van der Waals surface area contributed by atoms with Crippen molar-refractivity contribution in [1.82, 2.24) is 5.32 Å². The van der Waals surface area contributed by atoms with Crippen molar-refractivity contribution < 1.29 is 9.18 Å². The second-order valence-electron chi connectivity index (χ2n) is 6.14. The van der Waals surface area contributed by atoms with Crippen LogP contribution >= 0.6 is 12.4 Å². The molecule has 0 heterocycles. The maximum atomic E-state index is 13.3. The Morgan fingerprint density at radius 3 is 2.67 bits per heavy atom. The summed E-state index contributed by atoms with van der Waals surface area (Å²) in [5, 5.41) is 2.94. The van der Waals surface area contributed by atoms with Crippen molar-refractivity contribution in [3.8, 4) is 0 Å². The average molecular weight is 315 g/mol. The fourth-order valence-electron chi connectivity index (χ4n) is 2.62. The van der Waals surface area contributed by atoms with Crippen LogP contribution in [-0.4, -0.2) is 18.0 Å². The highest BCUT2D eigenvalue weighted by atomic mass is 35.5. The molecule has 3 N–H and O–H groups in total. The monoisotopic (exact) mass is 314 g/mol. The average Bonchev–Trinajstić information content (AvgIpc) is 3.17. The van der Waals surface area contributed by atoms with Crippen LogP contribution in [-0.2, 0) is 10.2 Å². The number of rotatable bonds is 6. The Kier molecular flexibility index (Phi) is 5.76. The molecule has 2 rings (SSSR count). The van der Waals surface area contributed by atoms with E-state index in [-0.39, 0.29) is 29.5 Å². The van der Waals surface area contributed by atoms with Crippen molar-refractivity contribution in [2.24, 2.45) is 5.73 Å². The Morgan fingerprint density at radius 2 is 2.14 bits per heavy atom. The van der Waals surface area contributed by atoms with Crippen LogP contribution in [0.5, 0.6) is 0 Å². The van der Waals surface area contributed by atoms with Crippen LogP contribution in [0.2, 0.25) is 0 Å². The molecule has 1 unspecified atom stereocenters. The van der Waals surface area contributed by atoms with Gasteiger partial charge in [0, 0.05) is 12.0 Å². The second-order valence-corrected chi connectivity index (χ2v) is 6.14. The molecule has 1 aliphatic carbocycles. The Bertz CT molecular complexity index is 501. The first-order valence-electron chi connectivity index (χ1n) is 7.23. The number of hydrogen-bond donors (Lipinski definition) is 2. The van der Waals surface area contributed by atoms with Gasteiger partial charge in [-0.25, -0.2) is 4.39 Å². The van der Waals surface area contributed by atoms with Gasteiger partial charge in [-0.15, -0.1) is 12.4 Å². The standard InChI is InChI=1S/C16H23FN2O.ClH/c1-3-7-15(2,18)14(20)19-11-16(8-9-16)12-5-4-6-13(17)10-12;/h4-6,10H,3,7-9,11,18H2,1-2H3,(H,19,20);1H. The molecule has 1 amide bonds. The van der Waals surface area contributed by atoms with Gasteiger partial charge >= 0.3 is 0 Å². The lowest BCUT2D eigenvalue weighted by molar-refractivity contribution is -0.126. The highest BCUT2D eigenvalue weighted by Crippen LogP contribution is 2.47. The van der Waals surface area contributed by atoms with Crippen LogP contribution < -0.4 is 11.1 Å². The SMILES string of the molecule is CCCC(C)(N)C(=O)NCC1(c2cccc(F)c2)CC1.Cl. The van der Waals surface area contributed by atoms with Crippen molar-refractivity contribution >= 4 is 18.3 Å². The summed E-state index contributed by atoms with van der Waals surface area (Å²) in [5.74, 6) is -0.350. The Labute approximate surface area is 131 Å². The first-order valence-corrected chi connectivity index (χ1v) is 7.23. The van der Waals surface area contributed by atoms with Gasteiger partial charge in [-0.05, 0) is 43.9 Å². The number of hydrogen-bond acceptors (Lipinski definition) is 2. The zero-order chi connectivity index (χ0) is 14.8. The van der Waals surface area contributed by atoms with Crippen molar-refractivity contribution in [1.29, 1.82) is 0 Å². The van der Waals surface area contributed by atoms with Gasteiger partial charge in [0.05, 0.1) is 5.54 Å². The molecule has 1 aromatic rings. The third-order valence-corrected chi connectivity index (χ3v) is 4.17. The van der Waals surface area contributed by atoms with E-state index < -0.39 is 5.54 Å². The number of benzene rings is 1. The molecule has 0 radical (unpaired) electrons. The fraction of sp³-hybridized carbons (Fsp3) is 0.562. The number of nitrogens with one attached hydrogen (secondary N) is 1. The molecule has 1 atom stereocenters. The molecule has 0 bridgehead atoms. The molecule has 1 saturated carbocycles. The molecular formula is C16H24ClFN2O. The van der Waals surface area contributed by atoms with Gasteiger partial charge in [0.2, 0.25) is 5.91 Å². The van der Waals surface area contributed by atoms with Gasteiger partial charge in [-0.1, -0.05) is 25.5 Å². The lowest BCUT2D eigenvalue weighted by atomic mass is 9.93. The Hall–Kier alpha value is -1.13. The first-order chi connectivity index (χ1) is 9.39. The highest BCUT2D eigenvalue weighted by Gasteiger charge is 2.45. The molecule has 1 fully saturated rings. The van der Waals surface area contributed by atoms with Crippen molar-refractivity contribution in [3.05, 3.63) is 35.6 Å². The summed E-state index contributed by atoms with van der Waals surface area (Å²) in [7, 11) is 0. The molecule has 3 nitrogen and oxygen atoms in total. The van der Waals surface area contributed by atoms with Crippen molar-refractivity contribution in [2.45, 2.75) is 50.5 Å². The minimum atomic E-state index is -0.827. The molecule has 0 aliphatic heterocycles. The predicted octanol–water partition coefficient (Wildman–Crippen LogP) is 2.91. The van der Waals surface area contributed by atoms with Gasteiger partial charge in [0.1, 0.15) is 5.82 Å². The van der Waals surface area contributed by atoms with E-state index in [1.54, 1.807) is 19.1 Å². The number of nitrogens with two attached hydrogens (primary N) is 1. The van der Waals surface area contributed by atoms with Crippen LogP contribution in [0, 0.1) is 5.82 Å². The van der Waals surface area contributed by atoms with Crippen LogP contribution in [0.3, 0.4) is 0 Å². The van der Waals surface area contributed by atoms with Gasteiger partial charge < -0.3 is 11.1 Å². The summed E-state index contributed by atoms with van der Waals surface area (Å²) in [6, 6.07) is 6.65. The molecule has 0 saturated heterocycles. The number of amides is 1. The van der Waals surface area contributed by atoms with E-state index in [2.05, 4.69) is 5.32 Å². The Morgan fingerprint density at radius 1 is 1.48 bits per heavy atom. The van der Waals surface area contributed by atoms with Crippen molar-refractivity contribution in [3.63, 3.8) is 0 Å². The smallest absolute Gasteiger partial charge is 0.239 e. The highest BCUT2D eigenvalue weighted by molar-refractivity contribution is 5.85. The van der Waals surface area contributed by atoms with Crippen LogP contribution in [0.4, 0.5) is 4.39 Å². The predicted molar refractivity (Wildman–Crippen MR) is 85.1 cm³/mol. The summed E-state index contributed by atoms with van der Waals surface area (Å²) >= 11 is 0. The molecular weight excluding hydrogens is 291 g/mol. The van der Waals surface area contributed by atoms with E-state index >= 15 is 0 Å². The van der Waals surface area contributed by atoms with E-state index in [0.29, 0.717) is 13.0 Å². The maximum absolute atomic E-state index is 13.3. The number of carbonyl (C=O) groups is 1. The van der Waals surface area contributed by atoms with E-state index in [9.17, 15) is 9.18 Å². The zero-order valence-electron chi connectivity index (χ0n) is 12.6. The molecule has 0 aromatic heterocycles. The van der Waals surface area contributed by atoms with Gasteiger partial charge in [0.25, 0.3) is 0 Å². The fourth-order valence-corrected chi connectivity index (χ4v) is 2.62. The number of carbonyl (C=O) groups excluding carboxylic acids is 1. The maximum Gasteiger partial charge on any atom is 0.239 e. The summed E-state index contributed by atoms with van der Waals surface area (Å²) in [6.07, 6.45) is 3.48. The molecule has 118 valence electrons. The summed E-state index contributed by atoms with van der Waals surface area (Å²) in [6.45, 7) is 4.30. The van der Waals surface area contributed by atoms with Crippen LogP contribution in [0.25, 0.3) is 0 Å². The van der Waals surface area contributed by atoms with Gasteiger partial charge in [0.15, 0.2) is 0 Å². The normalized spacial score (nSPS) is 18.3. The molecule has 1 aromatic carbocycles. The Balaban J connectivity index is 0.00000220. The lowest BCUT2D eigenvalue weighted by Crippen LogP contribution is -2.52. The third kappa shape index (κ3) is 4.17. The van der Waals surface area contributed by atoms with E-state index in [0.717, 1.165) is 24.8 Å². The largest absolute Gasteiger partial charge is 0.354 e. The van der Waals surface area contributed by atoms with E-state index in [1.807, 2.05) is 13.0 Å². The quantitative estimate of drug-likeness (QED) is 0.848. The minimum absolute atomic E-state index is 0. The molecule has 21 heavy (non-hydrogen) atoms. The minimum Gasteiger partial charge on any atom is -0.354 e. The number of halogens is 2. The third-order valence-electron chi connectivity index (χ3n) is 4.17. The summed E-state index contributed by atoms with van der Waals surface area (Å²) in [4.78, 5) is 12.1. The molecule has 5 heteroatoms. The second kappa shape index (κ2) is 6.75. The summed E-state index contributed by atoms with van der Waals surface area (Å²) in [5.41, 5.74) is 6.05. The van der Waals surface area contributed by atoms with E-state index in [1.165, 1.54) is 6.07 Å².